The summed E-state index contributed by atoms with van der Waals surface area (Å²) in [5, 5.41) is 0. The highest BCUT2D eigenvalue weighted by Crippen LogP contribution is 2.31. The van der Waals surface area contributed by atoms with Crippen LogP contribution in [0.3, 0.4) is 0 Å². The first-order valence-corrected chi connectivity index (χ1v) is 5.55. The minimum atomic E-state index is 0.395. The molecule has 0 aromatic carbocycles. The molecule has 0 spiro atoms. The summed E-state index contributed by atoms with van der Waals surface area (Å²) >= 11 is 0. The van der Waals surface area contributed by atoms with E-state index in [-0.39, 0.29) is 0 Å². The Balaban J connectivity index is 2.73. The van der Waals surface area contributed by atoms with E-state index in [0.717, 1.165) is 16.6 Å². The van der Waals surface area contributed by atoms with Gasteiger partial charge in [-0.05, 0) is 17.5 Å². The van der Waals surface area contributed by atoms with Gasteiger partial charge < -0.3 is 9.47 Å². The van der Waals surface area contributed by atoms with Gasteiger partial charge in [0.15, 0.2) is 5.75 Å². The average Bonchev–Trinajstić information content (AvgIpc) is 2.35. The van der Waals surface area contributed by atoms with Crippen molar-refractivity contribution in [2.45, 2.75) is 19.8 Å². The third-order valence-electron chi connectivity index (χ3n) is 2.71. The Morgan fingerprint density at radius 1 is 1.18 bits per heavy atom. The Morgan fingerprint density at radius 2 is 1.94 bits per heavy atom. The summed E-state index contributed by atoms with van der Waals surface area (Å²) < 4.78 is 10.4. The molecule has 17 heavy (non-hydrogen) atoms. The summed E-state index contributed by atoms with van der Waals surface area (Å²) in [6.07, 6.45) is 1.80. The molecule has 0 bridgehead atoms. The van der Waals surface area contributed by atoms with Gasteiger partial charge in [-0.3, -0.25) is 4.98 Å². The first-order valence-electron chi connectivity index (χ1n) is 5.55. The fraction of sp³-hybridized carbons (Fsp3) is 0.385. The van der Waals surface area contributed by atoms with Crippen LogP contribution in [0.2, 0.25) is 0 Å². The Hall–Kier alpha value is -1.84. The Bertz CT molecular complexity index is 538. The summed E-state index contributed by atoms with van der Waals surface area (Å²) in [6.45, 7) is 4.26. The van der Waals surface area contributed by atoms with Crippen LogP contribution < -0.4 is 9.47 Å². The van der Waals surface area contributed by atoms with Crippen LogP contribution in [0.5, 0.6) is 11.6 Å². The highest BCUT2D eigenvalue weighted by molar-refractivity contribution is 5.80. The zero-order valence-corrected chi connectivity index (χ0v) is 10.5. The first-order chi connectivity index (χ1) is 8.17. The average molecular weight is 232 g/mol. The van der Waals surface area contributed by atoms with E-state index < -0.39 is 0 Å². The predicted octanol–water partition coefficient (Wildman–Crippen LogP) is 2.77. The van der Waals surface area contributed by atoms with Crippen LogP contribution in [-0.2, 0) is 0 Å². The van der Waals surface area contributed by atoms with Gasteiger partial charge in [-0.1, -0.05) is 13.8 Å². The SMILES string of the molecule is COc1cc2nccc(C(C)C)c2nc1OC. The molecule has 2 rings (SSSR count). The van der Waals surface area contributed by atoms with Gasteiger partial charge in [0, 0.05) is 12.3 Å². The van der Waals surface area contributed by atoms with Gasteiger partial charge in [0.25, 0.3) is 5.88 Å². The molecular formula is C13H16N2O2. The number of hydrogen-bond acceptors (Lipinski definition) is 4. The van der Waals surface area contributed by atoms with Gasteiger partial charge in [0.2, 0.25) is 0 Å². The molecule has 0 unspecified atom stereocenters. The number of ether oxygens (including phenoxy) is 2. The van der Waals surface area contributed by atoms with Crippen molar-refractivity contribution >= 4 is 11.0 Å². The largest absolute Gasteiger partial charge is 0.491 e. The minimum Gasteiger partial charge on any atom is -0.491 e. The zero-order chi connectivity index (χ0) is 12.4. The number of hydrogen-bond donors (Lipinski definition) is 0. The quantitative estimate of drug-likeness (QED) is 0.816. The lowest BCUT2D eigenvalue weighted by atomic mass is 10.0. The number of fused-ring (bicyclic) bond motifs is 1. The van der Waals surface area contributed by atoms with Crippen LogP contribution in [0.1, 0.15) is 25.3 Å². The standard InChI is InChI=1S/C13H16N2O2/c1-8(2)9-5-6-14-10-7-11(16-3)13(17-4)15-12(9)10/h5-8H,1-4H3. The molecule has 2 aromatic heterocycles. The highest BCUT2D eigenvalue weighted by atomic mass is 16.5. The van der Waals surface area contributed by atoms with Gasteiger partial charge in [-0.2, -0.15) is 0 Å². The van der Waals surface area contributed by atoms with E-state index in [1.54, 1.807) is 20.4 Å². The third-order valence-corrected chi connectivity index (χ3v) is 2.71. The summed E-state index contributed by atoms with van der Waals surface area (Å²) in [6, 6.07) is 3.85. The molecule has 0 N–H and O–H groups in total. The summed E-state index contributed by atoms with van der Waals surface area (Å²) in [5.41, 5.74) is 2.87. The van der Waals surface area contributed by atoms with Crippen LogP contribution in [0.15, 0.2) is 18.3 Å². The van der Waals surface area contributed by atoms with E-state index in [4.69, 9.17) is 9.47 Å². The Kier molecular flexibility index (Phi) is 3.13. The lowest BCUT2D eigenvalue weighted by Gasteiger charge is -2.11. The molecule has 90 valence electrons. The number of pyridine rings is 2. The van der Waals surface area contributed by atoms with Crippen molar-refractivity contribution in [2.75, 3.05) is 14.2 Å². The van der Waals surface area contributed by atoms with Crippen LogP contribution >= 0.6 is 0 Å². The van der Waals surface area contributed by atoms with Crippen molar-refractivity contribution in [3.8, 4) is 11.6 Å². The molecule has 0 fully saturated rings. The van der Waals surface area contributed by atoms with E-state index in [1.165, 1.54) is 0 Å². The van der Waals surface area contributed by atoms with Crippen molar-refractivity contribution in [1.29, 1.82) is 0 Å². The van der Waals surface area contributed by atoms with E-state index in [1.807, 2.05) is 12.1 Å². The topological polar surface area (TPSA) is 44.2 Å². The molecule has 0 aliphatic carbocycles. The highest BCUT2D eigenvalue weighted by Gasteiger charge is 2.12. The number of methoxy groups -OCH3 is 2. The third kappa shape index (κ3) is 2.02. The fourth-order valence-electron chi connectivity index (χ4n) is 1.81. The lowest BCUT2D eigenvalue weighted by Crippen LogP contribution is -1.98. The maximum absolute atomic E-state index is 5.22. The molecule has 0 amide bonds. The van der Waals surface area contributed by atoms with E-state index in [0.29, 0.717) is 17.5 Å². The molecule has 0 radical (unpaired) electrons. The number of rotatable bonds is 3. The van der Waals surface area contributed by atoms with Crippen molar-refractivity contribution in [2.24, 2.45) is 0 Å². The second-order valence-corrected chi connectivity index (χ2v) is 4.12. The molecule has 2 aromatic rings. The molecule has 4 heteroatoms. The predicted molar refractivity (Wildman–Crippen MR) is 66.7 cm³/mol. The maximum atomic E-state index is 5.22. The molecule has 2 heterocycles. The van der Waals surface area contributed by atoms with Crippen molar-refractivity contribution < 1.29 is 9.47 Å². The van der Waals surface area contributed by atoms with Crippen molar-refractivity contribution in [3.63, 3.8) is 0 Å². The van der Waals surface area contributed by atoms with Crippen LogP contribution in [0.4, 0.5) is 0 Å². The zero-order valence-electron chi connectivity index (χ0n) is 10.5. The molecule has 4 nitrogen and oxygen atoms in total. The normalized spacial score (nSPS) is 10.9. The van der Waals surface area contributed by atoms with E-state index in [9.17, 15) is 0 Å². The fourth-order valence-corrected chi connectivity index (χ4v) is 1.81. The molecule has 0 aliphatic rings. The van der Waals surface area contributed by atoms with Crippen molar-refractivity contribution in [1.82, 2.24) is 9.97 Å². The van der Waals surface area contributed by atoms with E-state index >= 15 is 0 Å². The lowest BCUT2D eigenvalue weighted by molar-refractivity contribution is 0.344. The van der Waals surface area contributed by atoms with E-state index in [2.05, 4.69) is 23.8 Å². The maximum Gasteiger partial charge on any atom is 0.257 e. The summed E-state index contributed by atoms with van der Waals surface area (Å²) in [7, 11) is 3.18. The van der Waals surface area contributed by atoms with Gasteiger partial charge >= 0.3 is 0 Å². The molecule has 0 aliphatic heterocycles. The van der Waals surface area contributed by atoms with Crippen LogP contribution in [0.25, 0.3) is 11.0 Å². The van der Waals surface area contributed by atoms with Gasteiger partial charge in [-0.25, -0.2) is 4.98 Å². The van der Waals surface area contributed by atoms with Gasteiger partial charge in [-0.15, -0.1) is 0 Å². The first kappa shape index (κ1) is 11.6. The van der Waals surface area contributed by atoms with Crippen molar-refractivity contribution in [3.05, 3.63) is 23.9 Å². The Labute approximate surface area is 101 Å². The molecule has 0 saturated heterocycles. The van der Waals surface area contributed by atoms with Gasteiger partial charge in [0.1, 0.15) is 0 Å². The molecule has 0 atom stereocenters. The Morgan fingerprint density at radius 3 is 2.53 bits per heavy atom. The van der Waals surface area contributed by atoms with Gasteiger partial charge in [0.05, 0.1) is 25.3 Å². The number of aromatic nitrogens is 2. The van der Waals surface area contributed by atoms with Crippen LogP contribution in [-0.4, -0.2) is 24.2 Å². The summed E-state index contributed by atoms with van der Waals surface area (Å²) in [4.78, 5) is 8.79. The number of nitrogens with zero attached hydrogens (tertiary/aromatic N) is 2. The summed E-state index contributed by atoms with van der Waals surface area (Å²) in [5.74, 6) is 1.49. The monoisotopic (exact) mass is 232 g/mol. The van der Waals surface area contributed by atoms with Crippen LogP contribution in [0, 0.1) is 0 Å². The minimum absolute atomic E-state index is 0.395. The molecule has 0 saturated carbocycles. The molecular weight excluding hydrogens is 216 g/mol. The smallest absolute Gasteiger partial charge is 0.257 e. The second kappa shape index (κ2) is 4.57. The second-order valence-electron chi connectivity index (χ2n) is 4.12.